The van der Waals surface area contributed by atoms with Crippen LogP contribution in [0.1, 0.15) is 65.2 Å². The lowest BCUT2D eigenvalue weighted by Crippen LogP contribution is -2.15. The molecule has 0 aromatic carbocycles. The average Bonchev–Trinajstić information content (AvgIpc) is 2.42. The van der Waals surface area contributed by atoms with Gasteiger partial charge < -0.3 is 9.47 Å². The van der Waals surface area contributed by atoms with Crippen LogP contribution in [0.4, 0.5) is 0 Å². The fourth-order valence-electron chi connectivity index (χ4n) is 1.82. The van der Waals surface area contributed by atoms with E-state index >= 15 is 0 Å². The zero-order chi connectivity index (χ0) is 14.5. The molecule has 1 unspecified atom stereocenters. The lowest BCUT2D eigenvalue weighted by atomic mass is 10.0. The first-order valence-corrected chi connectivity index (χ1v) is 7.35. The zero-order valence-corrected chi connectivity index (χ0v) is 12.6. The molecule has 0 fully saturated rings. The lowest BCUT2D eigenvalue weighted by Gasteiger charge is -2.10. The standard InChI is InChI=1S/C15H28O4/c1-4-12-19-15(17)13(2)10-8-6-5-7-9-11-14(16)18-3/h13H,4-12H2,1-3H3. The van der Waals surface area contributed by atoms with Gasteiger partial charge in [-0.15, -0.1) is 0 Å². The molecule has 4 nitrogen and oxygen atoms in total. The topological polar surface area (TPSA) is 52.6 Å². The van der Waals surface area contributed by atoms with Crippen LogP contribution in [0.15, 0.2) is 0 Å². The van der Waals surface area contributed by atoms with Crippen LogP contribution in [0.5, 0.6) is 0 Å². The molecule has 0 heterocycles. The summed E-state index contributed by atoms with van der Waals surface area (Å²) in [6.45, 7) is 4.44. The fourth-order valence-corrected chi connectivity index (χ4v) is 1.82. The number of ether oxygens (including phenoxy) is 2. The SMILES string of the molecule is CCCOC(=O)C(C)CCCCCCCC(=O)OC. The van der Waals surface area contributed by atoms with Gasteiger partial charge in [0, 0.05) is 6.42 Å². The van der Waals surface area contributed by atoms with Gasteiger partial charge in [-0.25, -0.2) is 0 Å². The van der Waals surface area contributed by atoms with Crippen LogP contribution in [0.3, 0.4) is 0 Å². The largest absolute Gasteiger partial charge is 0.469 e. The molecule has 0 aliphatic rings. The maximum Gasteiger partial charge on any atom is 0.308 e. The maximum absolute atomic E-state index is 11.5. The van der Waals surface area contributed by atoms with E-state index in [1.165, 1.54) is 7.11 Å². The third-order valence-electron chi connectivity index (χ3n) is 3.10. The van der Waals surface area contributed by atoms with Gasteiger partial charge in [0.25, 0.3) is 0 Å². The number of carbonyl (C=O) groups excluding carboxylic acids is 2. The van der Waals surface area contributed by atoms with Crippen LogP contribution in [-0.4, -0.2) is 25.7 Å². The highest BCUT2D eigenvalue weighted by Crippen LogP contribution is 2.13. The summed E-state index contributed by atoms with van der Waals surface area (Å²) >= 11 is 0. The highest BCUT2D eigenvalue weighted by Gasteiger charge is 2.13. The first-order chi connectivity index (χ1) is 9.11. The number of hydrogen-bond donors (Lipinski definition) is 0. The van der Waals surface area contributed by atoms with E-state index in [4.69, 9.17) is 4.74 Å². The minimum atomic E-state index is -0.132. The third kappa shape index (κ3) is 10.5. The summed E-state index contributed by atoms with van der Waals surface area (Å²) in [4.78, 5) is 22.4. The number of rotatable bonds is 11. The Morgan fingerprint density at radius 2 is 1.68 bits per heavy atom. The third-order valence-corrected chi connectivity index (χ3v) is 3.10. The molecule has 0 aliphatic carbocycles. The predicted octanol–water partition coefficient (Wildman–Crippen LogP) is 3.48. The minimum absolute atomic E-state index is 0.00150. The van der Waals surface area contributed by atoms with Crippen molar-refractivity contribution >= 4 is 11.9 Å². The summed E-state index contributed by atoms with van der Waals surface area (Å²) in [7, 11) is 1.42. The van der Waals surface area contributed by atoms with Gasteiger partial charge in [-0.3, -0.25) is 9.59 Å². The van der Waals surface area contributed by atoms with E-state index in [1.807, 2.05) is 13.8 Å². The quantitative estimate of drug-likeness (QED) is 0.427. The highest BCUT2D eigenvalue weighted by molar-refractivity contribution is 5.71. The normalized spacial score (nSPS) is 11.9. The van der Waals surface area contributed by atoms with E-state index in [2.05, 4.69) is 4.74 Å². The number of carbonyl (C=O) groups is 2. The summed E-state index contributed by atoms with van der Waals surface area (Å²) in [5, 5.41) is 0. The van der Waals surface area contributed by atoms with Crippen molar-refractivity contribution in [2.75, 3.05) is 13.7 Å². The Morgan fingerprint density at radius 3 is 2.32 bits per heavy atom. The smallest absolute Gasteiger partial charge is 0.308 e. The molecule has 0 saturated heterocycles. The average molecular weight is 272 g/mol. The van der Waals surface area contributed by atoms with E-state index in [0.29, 0.717) is 13.0 Å². The van der Waals surface area contributed by atoms with Crippen LogP contribution < -0.4 is 0 Å². The summed E-state index contributed by atoms with van der Waals surface area (Å²) in [5.74, 6) is -0.207. The van der Waals surface area contributed by atoms with Crippen molar-refractivity contribution in [2.45, 2.75) is 65.2 Å². The van der Waals surface area contributed by atoms with Crippen molar-refractivity contribution in [3.63, 3.8) is 0 Å². The molecule has 19 heavy (non-hydrogen) atoms. The van der Waals surface area contributed by atoms with Gasteiger partial charge in [0.2, 0.25) is 0 Å². The molecule has 112 valence electrons. The number of methoxy groups -OCH3 is 1. The van der Waals surface area contributed by atoms with E-state index in [0.717, 1.165) is 44.9 Å². The minimum Gasteiger partial charge on any atom is -0.469 e. The molecule has 0 aromatic rings. The number of hydrogen-bond acceptors (Lipinski definition) is 4. The van der Waals surface area contributed by atoms with Crippen molar-refractivity contribution in [3.8, 4) is 0 Å². The molecular formula is C15H28O4. The fraction of sp³-hybridized carbons (Fsp3) is 0.867. The van der Waals surface area contributed by atoms with Gasteiger partial charge in [-0.1, -0.05) is 39.5 Å². The van der Waals surface area contributed by atoms with Crippen LogP contribution in [0.25, 0.3) is 0 Å². The van der Waals surface area contributed by atoms with E-state index in [-0.39, 0.29) is 17.9 Å². The van der Waals surface area contributed by atoms with Crippen LogP contribution in [0.2, 0.25) is 0 Å². The molecular weight excluding hydrogens is 244 g/mol. The lowest BCUT2D eigenvalue weighted by molar-refractivity contribution is -0.148. The number of esters is 2. The van der Waals surface area contributed by atoms with E-state index in [9.17, 15) is 9.59 Å². The van der Waals surface area contributed by atoms with Gasteiger partial charge in [0.15, 0.2) is 0 Å². The summed E-state index contributed by atoms with van der Waals surface area (Å²) < 4.78 is 9.67. The molecule has 0 spiro atoms. The molecule has 0 amide bonds. The molecule has 0 saturated carbocycles. The Balaban J connectivity index is 3.38. The molecule has 0 radical (unpaired) electrons. The van der Waals surface area contributed by atoms with Gasteiger partial charge >= 0.3 is 11.9 Å². The number of unbranched alkanes of at least 4 members (excludes halogenated alkanes) is 4. The highest BCUT2D eigenvalue weighted by atomic mass is 16.5. The summed E-state index contributed by atoms with van der Waals surface area (Å²) in [5.41, 5.74) is 0. The van der Waals surface area contributed by atoms with Crippen LogP contribution in [0, 0.1) is 5.92 Å². The van der Waals surface area contributed by atoms with Gasteiger partial charge in [-0.2, -0.15) is 0 Å². The molecule has 0 bridgehead atoms. The second-order valence-corrected chi connectivity index (χ2v) is 4.95. The molecule has 0 aliphatic heterocycles. The van der Waals surface area contributed by atoms with Crippen molar-refractivity contribution in [1.82, 2.24) is 0 Å². The van der Waals surface area contributed by atoms with Crippen molar-refractivity contribution in [2.24, 2.45) is 5.92 Å². The second kappa shape index (κ2) is 12.0. The Morgan fingerprint density at radius 1 is 1.05 bits per heavy atom. The van der Waals surface area contributed by atoms with Gasteiger partial charge in [-0.05, 0) is 19.3 Å². The molecule has 0 N–H and O–H groups in total. The Labute approximate surface area is 116 Å². The van der Waals surface area contributed by atoms with Crippen LogP contribution >= 0.6 is 0 Å². The molecule has 4 heteroatoms. The Hall–Kier alpha value is -1.06. The molecule has 0 aromatic heterocycles. The van der Waals surface area contributed by atoms with Gasteiger partial charge in [0.1, 0.15) is 0 Å². The summed E-state index contributed by atoms with van der Waals surface area (Å²) in [6.07, 6.45) is 7.46. The first-order valence-electron chi connectivity index (χ1n) is 7.35. The van der Waals surface area contributed by atoms with E-state index < -0.39 is 0 Å². The monoisotopic (exact) mass is 272 g/mol. The Kier molecular flexibility index (Phi) is 11.3. The first kappa shape index (κ1) is 17.9. The van der Waals surface area contributed by atoms with Crippen LogP contribution in [-0.2, 0) is 19.1 Å². The maximum atomic E-state index is 11.5. The van der Waals surface area contributed by atoms with Crippen molar-refractivity contribution in [3.05, 3.63) is 0 Å². The molecule has 0 rings (SSSR count). The van der Waals surface area contributed by atoms with E-state index in [1.54, 1.807) is 0 Å². The van der Waals surface area contributed by atoms with Crippen molar-refractivity contribution < 1.29 is 19.1 Å². The predicted molar refractivity (Wildman–Crippen MR) is 74.7 cm³/mol. The van der Waals surface area contributed by atoms with Gasteiger partial charge in [0.05, 0.1) is 19.6 Å². The second-order valence-electron chi connectivity index (χ2n) is 4.95. The Bertz CT molecular complexity index is 251. The molecule has 1 atom stereocenters. The zero-order valence-electron chi connectivity index (χ0n) is 12.6. The summed E-state index contributed by atoms with van der Waals surface area (Å²) in [6, 6.07) is 0. The van der Waals surface area contributed by atoms with Crippen molar-refractivity contribution in [1.29, 1.82) is 0 Å².